The van der Waals surface area contributed by atoms with Crippen LogP contribution in [0.15, 0.2) is 54.9 Å². The average molecular weight is 505 g/mol. The Morgan fingerprint density at radius 1 is 0.865 bits per heavy atom. The van der Waals surface area contributed by atoms with Crippen LogP contribution in [-0.2, 0) is 9.59 Å². The monoisotopic (exact) mass is 504 g/mol. The minimum atomic E-state index is -0.439. The third-order valence-electron chi connectivity index (χ3n) is 6.79. The minimum Gasteiger partial charge on any atom is -0.351 e. The Hall–Kier alpha value is -4.48. The first-order valence-corrected chi connectivity index (χ1v) is 11.9. The molecule has 2 aromatic carbocycles. The molecule has 4 aromatic rings. The van der Waals surface area contributed by atoms with Gasteiger partial charge in [-0.15, -0.1) is 5.10 Å². The van der Waals surface area contributed by atoms with E-state index < -0.39 is 5.92 Å². The number of halogens is 2. The fourth-order valence-corrected chi connectivity index (χ4v) is 4.86. The van der Waals surface area contributed by atoms with Gasteiger partial charge in [-0.1, -0.05) is 5.21 Å². The number of aromatic nitrogens is 5. The summed E-state index contributed by atoms with van der Waals surface area (Å²) >= 11 is 0. The number of hydrogen-bond acceptors (Lipinski definition) is 7. The first-order valence-electron chi connectivity index (χ1n) is 11.9. The van der Waals surface area contributed by atoms with Gasteiger partial charge in [0.1, 0.15) is 18.0 Å². The molecule has 4 heterocycles. The standard InChI is InChI=1S/C25H22F2N8O2/c26-17-1-5-19(6-2-17)34-14-16(13-21(34)36)25(37)33-11-9-32(10-12-33)23-22-24(29-15-28-23)35(31-30-22)20-7-3-18(27)4-8-20/h1-8,15-16H,9-14H2. The lowest BCUT2D eigenvalue weighted by Gasteiger charge is -2.36. The Kier molecular flexibility index (Phi) is 5.70. The van der Waals surface area contributed by atoms with Crippen molar-refractivity contribution in [3.05, 3.63) is 66.5 Å². The number of amides is 2. The molecule has 10 nitrogen and oxygen atoms in total. The van der Waals surface area contributed by atoms with E-state index in [-0.39, 0.29) is 36.4 Å². The molecule has 0 N–H and O–H groups in total. The smallest absolute Gasteiger partial charge is 0.228 e. The molecular weight excluding hydrogens is 482 g/mol. The predicted octanol–water partition coefficient (Wildman–Crippen LogP) is 2.19. The fraction of sp³-hybridized carbons (Fsp3) is 0.280. The van der Waals surface area contributed by atoms with Crippen molar-refractivity contribution in [1.82, 2.24) is 29.9 Å². The van der Waals surface area contributed by atoms with E-state index in [4.69, 9.17) is 0 Å². The van der Waals surface area contributed by atoms with E-state index in [1.165, 1.54) is 35.3 Å². The molecule has 1 unspecified atom stereocenters. The molecule has 0 radical (unpaired) electrons. The molecule has 2 aliphatic heterocycles. The van der Waals surface area contributed by atoms with Crippen LogP contribution in [0, 0.1) is 17.6 Å². The number of hydrogen-bond donors (Lipinski definition) is 0. The molecule has 37 heavy (non-hydrogen) atoms. The number of nitrogens with zero attached hydrogens (tertiary/aromatic N) is 8. The summed E-state index contributed by atoms with van der Waals surface area (Å²) in [4.78, 5) is 39.8. The molecule has 2 fully saturated rings. The lowest BCUT2D eigenvalue weighted by Crippen LogP contribution is -2.51. The van der Waals surface area contributed by atoms with Gasteiger partial charge < -0.3 is 14.7 Å². The average Bonchev–Trinajstić information content (AvgIpc) is 3.53. The first kappa shape index (κ1) is 23.0. The van der Waals surface area contributed by atoms with Crippen molar-refractivity contribution in [1.29, 1.82) is 0 Å². The van der Waals surface area contributed by atoms with Crippen LogP contribution in [0.2, 0.25) is 0 Å². The summed E-state index contributed by atoms with van der Waals surface area (Å²) in [5.41, 5.74) is 2.24. The van der Waals surface area contributed by atoms with Gasteiger partial charge in [0.05, 0.1) is 11.6 Å². The van der Waals surface area contributed by atoms with Crippen LogP contribution in [0.25, 0.3) is 16.9 Å². The van der Waals surface area contributed by atoms with Gasteiger partial charge in [0.25, 0.3) is 0 Å². The zero-order valence-electron chi connectivity index (χ0n) is 19.7. The normalized spacial score (nSPS) is 18.2. The van der Waals surface area contributed by atoms with Crippen molar-refractivity contribution < 1.29 is 18.4 Å². The molecule has 1 atom stereocenters. The maximum absolute atomic E-state index is 13.3. The van der Waals surface area contributed by atoms with Crippen LogP contribution in [0.4, 0.5) is 20.3 Å². The summed E-state index contributed by atoms with van der Waals surface area (Å²) in [6.45, 7) is 2.28. The van der Waals surface area contributed by atoms with Crippen molar-refractivity contribution in [2.24, 2.45) is 5.92 Å². The van der Waals surface area contributed by atoms with Crippen LogP contribution < -0.4 is 9.80 Å². The highest BCUT2D eigenvalue weighted by Gasteiger charge is 2.38. The molecule has 2 aromatic heterocycles. The number of benzene rings is 2. The van der Waals surface area contributed by atoms with Gasteiger partial charge in [-0.2, -0.15) is 4.68 Å². The quantitative estimate of drug-likeness (QED) is 0.420. The molecule has 0 spiro atoms. The van der Waals surface area contributed by atoms with E-state index in [0.717, 1.165) is 0 Å². The third kappa shape index (κ3) is 4.24. The summed E-state index contributed by atoms with van der Waals surface area (Å²) in [6.07, 6.45) is 1.57. The number of anilines is 2. The van der Waals surface area contributed by atoms with Gasteiger partial charge in [-0.25, -0.2) is 18.7 Å². The van der Waals surface area contributed by atoms with Gasteiger partial charge in [-0.05, 0) is 48.5 Å². The second-order valence-corrected chi connectivity index (χ2v) is 9.04. The summed E-state index contributed by atoms with van der Waals surface area (Å²) in [5, 5.41) is 8.45. The molecule has 6 rings (SSSR count). The van der Waals surface area contributed by atoms with Gasteiger partial charge in [-0.3, -0.25) is 9.59 Å². The number of fused-ring (bicyclic) bond motifs is 1. The van der Waals surface area contributed by atoms with Crippen molar-refractivity contribution in [3.63, 3.8) is 0 Å². The van der Waals surface area contributed by atoms with Gasteiger partial charge in [0.2, 0.25) is 11.8 Å². The number of carbonyl (C=O) groups is 2. The molecule has 0 aliphatic carbocycles. The SMILES string of the molecule is O=C(C1CC(=O)N(c2ccc(F)cc2)C1)N1CCN(c2ncnc3c2nnn3-c2ccc(F)cc2)CC1. The second kappa shape index (κ2) is 9.19. The van der Waals surface area contributed by atoms with E-state index >= 15 is 0 Å². The topological polar surface area (TPSA) is 100 Å². The number of carbonyl (C=O) groups excluding carboxylic acids is 2. The van der Waals surface area contributed by atoms with Crippen LogP contribution in [0.3, 0.4) is 0 Å². The van der Waals surface area contributed by atoms with E-state index in [1.54, 1.807) is 34.1 Å². The first-order chi connectivity index (χ1) is 18.0. The third-order valence-corrected chi connectivity index (χ3v) is 6.79. The maximum Gasteiger partial charge on any atom is 0.228 e. The molecule has 0 saturated carbocycles. The van der Waals surface area contributed by atoms with E-state index in [9.17, 15) is 18.4 Å². The Morgan fingerprint density at radius 2 is 1.51 bits per heavy atom. The predicted molar refractivity (Wildman–Crippen MR) is 130 cm³/mol. The Morgan fingerprint density at radius 3 is 2.19 bits per heavy atom. The van der Waals surface area contributed by atoms with Crippen molar-refractivity contribution >= 4 is 34.5 Å². The van der Waals surface area contributed by atoms with Crippen LogP contribution in [0.1, 0.15) is 6.42 Å². The molecule has 0 bridgehead atoms. The van der Waals surface area contributed by atoms with Gasteiger partial charge in [0.15, 0.2) is 17.0 Å². The second-order valence-electron chi connectivity index (χ2n) is 9.04. The summed E-state index contributed by atoms with van der Waals surface area (Å²) in [7, 11) is 0. The minimum absolute atomic E-state index is 0.0623. The van der Waals surface area contributed by atoms with E-state index in [0.29, 0.717) is 54.5 Å². The summed E-state index contributed by atoms with van der Waals surface area (Å²) < 4.78 is 28.1. The van der Waals surface area contributed by atoms with E-state index in [2.05, 4.69) is 20.3 Å². The molecular formula is C25H22F2N8O2. The maximum atomic E-state index is 13.3. The molecule has 2 amide bonds. The highest BCUT2D eigenvalue weighted by molar-refractivity contribution is 6.00. The van der Waals surface area contributed by atoms with E-state index in [1.807, 2.05) is 4.90 Å². The summed E-state index contributed by atoms with van der Waals surface area (Å²) in [5.74, 6) is -0.751. The lowest BCUT2D eigenvalue weighted by atomic mass is 10.1. The van der Waals surface area contributed by atoms with Gasteiger partial charge in [0, 0.05) is 44.8 Å². The van der Waals surface area contributed by atoms with Crippen LogP contribution in [0.5, 0.6) is 0 Å². The molecule has 2 saturated heterocycles. The van der Waals surface area contributed by atoms with Crippen molar-refractivity contribution in [2.45, 2.75) is 6.42 Å². The van der Waals surface area contributed by atoms with Gasteiger partial charge >= 0.3 is 0 Å². The largest absolute Gasteiger partial charge is 0.351 e. The molecule has 2 aliphatic rings. The Labute approximate surface area is 210 Å². The highest BCUT2D eigenvalue weighted by Crippen LogP contribution is 2.28. The number of rotatable bonds is 4. The fourth-order valence-electron chi connectivity index (χ4n) is 4.86. The molecule has 188 valence electrons. The highest BCUT2D eigenvalue weighted by atomic mass is 19.1. The number of piperazine rings is 1. The lowest BCUT2D eigenvalue weighted by molar-refractivity contribution is -0.136. The summed E-state index contributed by atoms with van der Waals surface area (Å²) in [6, 6.07) is 11.6. The Balaban J connectivity index is 1.13. The van der Waals surface area contributed by atoms with Crippen molar-refractivity contribution in [3.8, 4) is 5.69 Å². The van der Waals surface area contributed by atoms with Crippen molar-refractivity contribution in [2.75, 3.05) is 42.5 Å². The van der Waals surface area contributed by atoms with Crippen LogP contribution in [-0.4, -0.2) is 74.4 Å². The Bertz CT molecular complexity index is 1470. The van der Waals surface area contributed by atoms with Crippen LogP contribution >= 0.6 is 0 Å². The zero-order chi connectivity index (χ0) is 25.5. The molecule has 12 heteroatoms. The zero-order valence-corrected chi connectivity index (χ0v) is 19.7.